The van der Waals surface area contributed by atoms with Crippen LogP contribution in [0.5, 0.6) is 0 Å². The van der Waals surface area contributed by atoms with Crippen molar-refractivity contribution >= 4 is 24.6 Å². The lowest BCUT2D eigenvalue weighted by Gasteiger charge is -2.33. The van der Waals surface area contributed by atoms with Gasteiger partial charge in [-0.15, -0.1) is 0 Å². The van der Waals surface area contributed by atoms with Gasteiger partial charge in [-0.2, -0.15) is 0 Å². The van der Waals surface area contributed by atoms with Gasteiger partial charge in [0.2, 0.25) is 0 Å². The normalized spacial score (nSPS) is 15.3. The molecule has 1 rings (SSSR count). The molecule has 1 heterocycles. The van der Waals surface area contributed by atoms with Crippen molar-refractivity contribution in [1.29, 1.82) is 5.41 Å². The maximum Gasteiger partial charge on any atom is 0.151 e. The summed E-state index contributed by atoms with van der Waals surface area (Å²) in [5.74, 6) is 1.31. The van der Waals surface area contributed by atoms with E-state index in [1.54, 1.807) is 20.0 Å². The van der Waals surface area contributed by atoms with Gasteiger partial charge in [0.05, 0.1) is 18.9 Å². The van der Waals surface area contributed by atoms with Crippen LogP contribution in [0.25, 0.3) is 0 Å². The predicted octanol–water partition coefficient (Wildman–Crippen LogP) is 3.83. The highest BCUT2D eigenvalue weighted by molar-refractivity contribution is 5.99. The molecule has 0 aromatic carbocycles. The number of allylic oxidation sites excluding steroid dienone is 5. The lowest BCUT2D eigenvalue weighted by Crippen LogP contribution is -2.44. The Hall–Kier alpha value is -3.30. The first-order chi connectivity index (χ1) is 18.0. The fourth-order valence-electron chi connectivity index (χ4n) is 3.56. The van der Waals surface area contributed by atoms with E-state index in [0.29, 0.717) is 30.9 Å². The van der Waals surface area contributed by atoms with Crippen LogP contribution >= 0.6 is 0 Å². The predicted molar refractivity (Wildman–Crippen MR) is 164 cm³/mol. The molecule has 4 N–H and O–H groups in total. The van der Waals surface area contributed by atoms with E-state index >= 15 is 0 Å². The number of aldehydes is 1. The Labute approximate surface area is 231 Å². The third kappa shape index (κ3) is 14.4. The van der Waals surface area contributed by atoms with E-state index in [4.69, 9.17) is 20.7 Å². The Morgan fingerprint density at radius 1 is 1.29 bits per heavy atom. The van der Waals surface area contributed by atoms with Gasteiger partial charge in [0.25, 0.3) is 0 Å². The number of nitrogens with two attached hydrogens (primary N) is 1. The number of morpholine rings is 1. The Morgan fingerprint density at radius 2 is 1.84 bits per heavy atom. The minimum atomic E-state index is 0.352. The quantitative estimate of drug-likeness (QED) is 0.162. The van der Waals surface area contributed by atoms with Crippen LogP contribution in [0.1, 0.15) is 34.6 Å². The molecule has 38 heavy (non-hydrogen) atoms. The fourth-order valence-corrected chi connectivity index (χ4v) is 3.56. The van der Waals surface area contributed by atoms with Gasteiger partial charge >= 0.3 is 0 Å². The van der Waals surface area contributed by atoms with Crippen LogP contribution in [0.4, 0.5) is 0 Å². The summed E-state index contributed by atoms with van der Waals surface area (Å²) in [5, 5.41) is 10.6. The summed E-state index contributed by atoms with van der Waals surface area (Å²) < 4.78 is 5.45. The Bertz CT molecular complexity index is 879. The minimum Gasteiger partial charge on any atom is -0.405 e. The molecule has 214 valence electrons. The molecule has 1 atom stereocenters. The van der Waals surface area contributed by atoms with Crippen molar-refractivity contribution in [2.45, 2.75) is 40.7 Å². The molecule has 0 bridgehead atoms. The van der Waals surface area contributed by atoms with Gasteiger partial charge in [0.1, 0.15) is 12.0 Å². The lowest BCUT2D eigenvalue weighted by atomic mass is 10.0. The van der Waals surface area contributed by atoms with Gasteiger partial charge in [0.15, 0.2) is 5.84 Å². The van der Waals surface area contributed by atoms with Crippen LogP contribution in [0.15, 0.2) is 70.1 Å². The lowest BCUT2D eigenvalue weighted by molar-refractivity contribution is -0.106. The Balaban J connectivity index is 0. The van der Waals surface area contributed by atoms with Gasteiger partial charge in [-0.25, -0.2) is 0 Å². The first kappa shape index (κ1) is 36.9. The number of hydrogen-bond donors (Lipinski definition) is 3. The second-order valence-corrected chi connectivity index (χ2v) is 8.93. The summed E-state index contributed by atoms with van der Waals surface area (Å²) in [5.41, 5.74) is 9.67. The first-order valence-electron chi connectivity index (χ1n) is 12.7. The minimum absolute atomic E-state index is 0.352. The highest BCUT2D eigenvalue weighted by Crippen LogP contribution is 2.18. The summed E-state index contributed by atoms with van der Waals surface area (Å²) in [6, 6.07) is 0.352. The molecule has 1 unspecified atom stereocenters. The second kappa shape index (κ2) is 21.8. The molecule has 1 aliphatic heterocycles. The van der Waals surface area contributed by atoms with Crippen LogP contribution in [-0.4, -0.2) is 94.4 Å². The molecule has 0 aromatic heterocycles. The van der Waals surface area contributed by atoms with Gasteiger partial charge < -0.3 is 35.8 Å². The molecule has 1 fully saturated rings. The molecule has 0 saturated carbocycles. The number of rotatable bonds is 11. The monoisotopic (exact) mass is 529 g/mol. The number of amidine groups is 1. The van der Waals surface area contributed by atoms with E-state index in [2.05, 4.69) is 58.8 Å². The largest absolute Gasteiger partial charge is 0.405 e. The zero-order valence-corrected chi connectivity index (χ0v) is 24.9. The maximum absolute atomic E-state index is 8.81. The molecule has 9 heteroatoms. The van der Waals surface area contributed by atoms with Crippen molar-refractivity contribution in [3.63, 3.8) is 0 Å². The Morgan fingerprint density at radius 3 is 2.16 bits per heavy atom. The van der Waals surface area contributed by atoms with E-state index in [0.717, 1.165) is 54.3 Å². The average molecular weight is 530 g/mol. The SMILES string of the molecule is C=C/C(=C\C(=C)C)C(C)=N.C=N/C(C(=NC)N(C)CC(NC)C(C)C)=C(/C=C/N)N1CCOCC1.CC=O. The van der Waals surface area contributed by atoms with Gasteiger partial charge in [-0.3, -0.25) is 9.98 Å². The van der Waals surface area contributed by atoms with Crippen LogP contribution in [0.3, 0.4) is 0 Å². The van der Waals surface area contributed by atoms with Crippen molar-refractivity contribution in [2.75, 3.05) is 54.0 Å². The van der Waals surface area contributed by atoms with E-state index in [9.17, 15) is 0 Å². The molecule has 1 aliphatic rings. The molecular formula is C29H51N7O2. The van der Waals surface area contributed by atoms with Crippen molar-refractivity contribution in [3.05, 3.63) is 60.1 Å². The highest BCUT2D eigenvalue weighted by Gasteiger charge is 2.23. The molecule has 0 aliphatic carbocycles. The van der Waals surface area contributed by atoms with Gasteiger partial charge in [0, 0.05) is 45.5 Å². The number of nitrogens with zero attached hydrogens (tertiary/aromatic N) is 4. The molecular weight excluding hydrogens is 478 g/mol. The first-order valence-corrected chi connectivity index (χ1v) is 12.7. The van der Waals surface area contributed by atoms with E-state index in [-0.39, 0.29) is 0 Å². The zero-order valence-electron chi connectivity index (χ0n) is 24.9. The highest BCUT2D eigenvalue weighted by atomic mass is 16.5. The number of nitrogens with one attached hydrogen (secondary N) is 2. The number of likely N-dealkylation sites (N-methyl/N-ethyl adjacent to an activating group) is 2. The summed E-state index contributed by atoms with van der Waals surface area (Å²) in [6.45, 7) is 24.3. The van der Waals surface area contributed by atoms with Crippen molar-refractivity contribution in [3.8, 4) is 0 Å². The number of carbonyl (C=O) groups excluding carboxylic acids is 1. The molecule has 0 spiro atoms. The smallest absolute Gasteiger partial charge is 0.151 e. The average Bonchev–Trinajstić information content (AvgIpc) is 2.88. The zero-order chi connectivity index (χ0) is 29.7. The number of ether oxygens (including phenoxy) is 1. The van der Waals surface area contributed by atoms with Crippen molar-refractivity contribution < 1.29 is 9.53 Å². The summed E-state index contributed by atoms with van der Waals surface area (Å²) >= 11 is 0. The van der Waals surface area contributed by atoms with E-state index in [1.807, 2.05) is 33.2 Å². The summed E-state index contributed by atoms with van der Waals surface area (Å²) in [7, 11) is 5.80. The number of carbonyl (C=O) groups is 1. The number of aliphatic imine (C=N–C) groups is 2. The topological polar surface area (TPSA) is 119 Å². The standard InChI is InChI=1S/C18H34N6O.C9H13N.C2H4O/c1-14(2)15(20-3)13-23(6)18(22-5)17(21-4)16(7-8-19)24-9-11-25-12-10-24;1-5-9(8(4)10)6-7(2)3;1-2-3/h7-8,14-15,20H,4,9-13,19H2,1-3,5-6H3;5-6,10H,1-2H2,3-4H3;2H,1H3/b8-7+,17-16-,22-18?;9-6+,10-8?;. The third-order valence-electron chi connectivity index (χ3n) is 5.49. The van der Waals surface area contributed by atoms with Gasteiger partial charge in [-0.05, 0) is 58.3 Å². The van der Waals surface area contributed by atoms with Crippen molar-refractivity contribution in [1.82, 2.24) is 15.1 Å². The van der Waals surface area contributed by atoms with Crippen LogP contribution in [-0.2, 0) is 9.53 Å². The van der Waals surface area contributed by atoms with Crippen molar-refractivity contribution in [2.24, 2.45) is 21.6 Å². The fraction of sp³-hybridized carbons (Fsp3) is 0.517. The third-order valence-corrected chi connectivity index (χ3v) is 5.49. The molecule has 0 radical (unpaired) electrons. The van der Waals surface area contributed by atoms with Crippen LogP contribution in [0.2, 0.25) is 0 Å². The summed E-state index contributed by atoms with van der Waals surface area (Å²) in [4.78, 5) is 21.9. The molecule has 1 saturated heterocycles. The van der Waals surface area contributed by atoms with E-state index < -0.39 is 0 Å². The number of hydrogen-bond acceptors (Lipinski definition) is 8. The molecule has 0 aromatic rings. The van der Waals surface area contributed by atoms with Crippen LogP contribution < -0.4 is 11.1 Å². The molecule has 9 nitrogen and oxygen atoms in total. The second-order valence-electron chi connectivity index (χ2n) is 8.93. The summed E-state index contributed by atoms with van der Waals surface area (Å²) in [6.07, 6.45) is 7.66. The molecule has 0 amide bonds. The van der Waals surface area contributed by atoms with Crippen LogP contribution in [0, 0.1) is 11.3 Å². The van der Waals surface area contributed by atoms with E-state index in [1.165, 1.54) is 13.1 Å². The Kier molecular flexibility index (Phi) is 21.1. The maximum atomic E-state index is 8.81. The van der Waals surface area contributed by atoms with Gasteiger partial charge in [-0.1, -0.05) is 44.7 Å².